The van der Waals surface area contributed by atoms with Gasteiger partial charge >= 0.3 is 5.97 Å². The predicted molar refractivity (Wildman–Crippen MR) is 67.8 cm³/mol. The topological polar surface area (TPSA) is 74.7 Å². The van der Waals surface area contributed by atoms with Crippen LogP contribution in [0.3, 0.4) is 0 Å². The lowest BCUT2D eigenvalue weighted by atomic mass is 10.2. The lowest BCUT2D eigenvalue weighted by Gasteiger charge is -2.24. The summed E-state index contributed by atoms with van der Waals surface area (Å²) in [5.74, 6) is -1.90. The highest BCUT2D eigenvalue weighted by molar-refractivity contribution is 7.89. The first-order valence-electron chi connectivity index (χ1n) is 5.66. The standard InChI is InChI=1S/C12H16FNO4S/c1-8(2)14(7-12(15)16)19(17,18)11-6-4-5-10(13)9(11)3/h4-6,8H,7H2,1-3H3,(H,15,16). The molecule has 0 saturated carbocycles. The number of rotatable bonds is 5. The summed E-state index contributed by atoms with van der Waals surface area (Å²) in [5.41, 5.74) is -0.0152. The highest BCUT2D eigenvalue weighted by Gasteiger charge is 2.30. The van der Waals surface area contributed by atoms with E-state index in [0.29, 0.717) is 0 Å². The summed E-state index contributed by atoms with van der Waals surface area (Å²) in [4.78, 5) is 10.6. The monoisotopic (exact) mass is 289 g/mol. The third kappa shape index (κ3) is 3.30. The van der Waals surface area contributed by atoms with Crippen molar-refractivity contribution in [1.29, 1.82) is 0 Å². The van der Waals surface area contributed by atoms with Crippen LogP contribution in [0.25, 0.3) is 0 Å². The Balaban J connectivity index is 3.35. The maximum absolute atomic E-state index is 13.4. The molecule has 0 amide bonds. The minimum absolute atomic E-state index is 0.0152. The Morgan fingerprint density at radius 1 is 1.42 bits per heavy atom. The van der Waals surface area contributed by atoms with Crippen molar-refractivity contribution >= 4 is 16.0 Å². The molecule has 5 nitrogen and oxygen atoms in total. The third-order valence-electron chi connectivity index (χ3n) is 2.67. The number of hydrogen-bond donors (Lipinski definition) is 1. The van der Waals surface area contributed by atoms with Gasteiger partial charge in [0.2, 0.25) is 10.0 Å². The second kappa shape index (κ2) is 5.66. The number of halogens is 1. The minimum Gasteiger partial charge on any atom is -0.480 e. The van der Waals surface area contributed by atoms with Gasteiger partial charge in [-0.15, -0.1) is 0 Å². The van der Waals surface area contributed by atoms with Crippen LogP contribution in [0.2, 0.25) is 0 Å². The van der Waals surface area contributed by atoms with E-state index in [1.165, 1.54) is 19.1 Å². The van der Waals surface area contributed by atoms with Crippen LogP contribution in [0, 0.1) is 12.7 Å². The molecule has 0 bridgehead atoms. The first kappa shape index (κ1) is 15.6. The number of sulfonamides is 1. The van der Waals surface area contributed by atoms with Gasteiger partial charge in [-0.05, 0) is 32.9 Å². The van der Waals surface area contributed by atoms with Gasteiger partial charge in [0.1, 0.15) is 12.4 Å². The van der Waals surface area contributed by atoms with Crippen LogP contribution in [-0.4, -0.2) is 36.4 Å². The molecule has 7 heteroatoms. The van der Waals surface area contributed by atoms with Crippen molar-refractivity contribution in [3.8, 4) is 0 Å². The average molecular weight is 289 g/mol. The zero-order valence-corrected chi connectivity index (χ0v) is 11.7. The number of carboxylic acid groups (broad SMARTS) is 1. The molecule has 0 spiro atoms. The molecule has 0 aliphatic carbocycles. The maximum atomic E-state index is 13.4. The van der Waals surface area contributed by atoms with Crippen LogP contribution in [0.5, 0.6) is 0 Å². The van der Waals surface area contributed by atoms with Crippen molar-refractivity contribution in [3.63, 3.8) is 0 Å². The molecule has 106 valence electrons. The van der Waals surface area contributed by atoms with Gasteiger partial charge in [-0.3, -0.25) is 4.79 Å². The second-order valence-corrected chi connectivity index (χ2v) is 6.26. The molecule has 0 aliphatic rings. The van der Waals surface area contributed by atoms with E-state index >= 15 is 0 Å². The van der Waals surface area contributed by atoms with Gasteiger partial charge in [0.05, 0.1) is 4.90 Å². The minimum atomic E-state index is -4.04. The number of nitrogens with zero attached hydrogens (tertiary/aromatic N) is 1. The third-order valence-corrected chi connectivity index (χ3v) is 4.84. The van der Waals surface area contributed by atoms with E-state index in [2.05, 4.69) is 0 Å². The number of hydrogen-bond acceptors (Lipinski definition) is 3. The van der Waals surface area contributed by atoms with Crippen molar-refractivity contribution in [2.24, 2.45) is 0 Å². The molecule has 0 saturated heterocycles. The zero-order valence-electron chi connectivity index (χ0n) is 10.9. The van der Waals surface area contributed by atoms with E-state index in [1.54, 1.807) is 13.8 Å². The summed E-state index contributed by atoms with van der Waals surface area (Å²) in [5, 5.41) is 8.79. The molecular formula is C12H16FNO4S. The van der Waals surface area contributed by atoms with Crippen molar-refractivity contribution < 1.29 is 22.7 Å². The second-order valence-electron chi connectivity index (χ2n) is 4.40. The molecule has 0 aliphatic heterocycles. The van der Waals surface area contributed by atoms with Crippen LogP contribution in [0.4, 0.5) is 4.39 Å². The number of carbonyl (C=O) groups is 1. The molecule has 1 rings (SSSR count). The van der Waals surface area contributed by atoms with E-state index in [0.717, 1.165) is 10.4 Å². The fourth-order valence-corrected chi connectivity index (χ4v) is 3.49. The quantitative estimate of drug-likeness (QED) is 0.893. The average Bonchev–Trinajstić information content (AvgIpc) is 2.28. The lowest BCUT2D eigenvalue weighted by molar-refractivity contribution is -0.137. The van der Waals surface area contributed by atoms with Gasteiger partial charge in [-0.1, -0.05) is 6.07 Å². The van der Waals surface area contributed by atoms with Crippen LogP contribution in [-0.2, 0) is 14.8 Å². The molecular weight excluding hydrogens is 273 g/mol. The molecule has 1 aromatic carbocycles. The summed E-state index contributed by atoms with van der Waals surface area (Å²) in [6.45, 7) is 3.82. The number of carboxylic acids is 1. The van der Waals surface area contributed by atoms with Crippen molar-refractivity contribution in [1.82, 2.24) is 4.31 Å². The van der Waals surface area contributed by atoms with Crippen LogP contribution >= 0.6 is 0 Å². The molecule has 1 aromatic rings. The van der Waals surface area contributed by atoms with E-state index < -0.39 is 34.4 Å². The molecule has 1 N–H and O–H groups in total. The first-order chi connectivity index (χ1) is 8.67. The molecule has 0 aromatic heterocycles. The smallest absolute Gasteiger partial charge is 0.318 e. The largest absolute Gasteiger partial charge is 0.480 e. The Morgan fingerprint density at radius 3 is 2.47 bits per heavy atom. The lowest BCUT2D eigenvalue weighted by Crippen LogP contribution is -2.40. The first-order valence-corrected chi connectivity index (χ1v) is 7.10. The Kier molecular flexibility index (Phi) is 4.65. The Bertz CT molecular complexity index is 583. The molecule has 0 unspecified atom stereocenters. The number of aliphatic carboxylic acids is 1. The van der Waals surface area contributed by atoms with Gasteiger partial charge in [0, 0.05) is 11.6 Å². The van der Waals surface area contributed by atoms with E-state index in [4.69, 9.17) is 5.11 Å². The number of benzene rings is 1. The summed E-state index contributed by atoms with van der Waals surface area (Å²) in [6.07, 6.45) is 0. The van der Waals surface area contributed by atoms with Crippen molar-refractivity contribution in [2.45, 2.75) is 31.7 Å². The fourth-order valence-electron chi connectivity index (χ4n) is 1.67. The molecule has 0 atom stereocenters. The summed E-state index contributed by atoms with van der Waals surface area (Å²) >= 11 is 0. The summed E-state index contributed by atoms with van der Waals surface area (Å²) in [7, 11) is -4.04. The van der Waals surface area contributed by atoms with Crippen LogP contribution < -0.4 is 0 Å². The summed E-state index contributed by atoms with van der Waals surface area (Å²) < 4.78 is 39.0. The maximum Gasteiger partial charge on any atom is 0.318 e. The van der Waals surface area contributed by atoms with E-state index in [1.807, 2.05) is 0 Å². The van der Waals surface area contributed by atoms with Gasteiger partial charge < -0.3 is 5.11 Å². The molecule has 19 heavy (non-hydrogen) atoms. The highest BCUT2D eigenvalue weighted by atomic mass is 32.2. The van der Waals surface area contributed by atoms with Gasteiger partial charge in [-0.25, -0.2) is 12.8 Å². The zero-order chi connectivity index (χ0) is 14.8. The SMILES string of the molecule is Cc1c(F)cccc1S(=O)(=O)N(CC(=O)O)C(C)C. The summed E-state index contributed by atoms with van der Waals surface area (Å²) in [6, 6.07) is 3.17. The normalized spacial score (nSPS) is 12.1. The van der Waals surface area contributed by atoms with Crippen molar-refractivity contribution in [3.05, 3.63) is 29.6 Å². The highest BCUT2D eigenvalue weighted by Crippen LogP contribution is 2.23. The van der Waals surface area contributed by atoms with Gasteiger partial charge in [-0.2, -0.15) is 4.31 Å². The Morgan fingerprint density at radius 2 is 2.00 bits per heavy atom. The van der Waals surface area contributed by atoms with E-state index in [-0.39, 0.29) is 10.5 Å². The molecule has 0 heterocycles. The van der Waals surface area contributed by atoms with Gasteiger partial charge in [0.25, 0.3) is 0 Å². The Hall–Kier alpha value is -1.47. The molecule has 0 fully saturated rings. The van der Waals surface area contributed by atoms with Crippen LogP contribution in [0.15, 0.2) is 23.1 Å². The Labute approximate surface area is 111 Å². The fraction of sp³-hybridized carbons (Fsp3) is 0.417. The van der Waals surface area contributed by atoms with Crippen molar-refractivity contribution in [2.75, 3.05) is 6.54 Å². The van der Waals surface area contributed by atoms with Gasteiger partial charge in [0.15, 0.2) is 0 Å². The van der Waals surface area contributed by atoms with E-state index in [9.17, 15) is 17.6 Å². The van der Waals surface area contributed by atoms with Crippen LogP contribution in [0.1, 0.15) is 19.4 Å². The molecule has 0 radical (unpaired) electrons. The predicted octanol–water partition coefficient (Wildman–Crippen LogP) is 1.62.